The van der Waals surface area contributed by atoms with Gasteiger partial charge in [0.15, 0.2) is 24.8 Å². The first-order valence-corrected chi connectivity index (χ1v) is 28.5. The van der Waals surface area contributed by atoms with Crippen LogP contribution in [0.2, 0.25) is 0 Å². The van der Waals surface area contributed by atoms with Gasteiger partial charge in [-0.25, -0.2) is 9.59 Å². The number of nitrogens with zero attached hydrogens (tertiary/aromatic N) is 1. The summed E-state index contributed by atoms with van der Waals surface area (Å²) in [6.45, 7) is 12.7. The lowest BCUT2D eigenvalue weighted by Crippen LogP contribution is -2.64. The lowest BCUT2D eigenvalue weighted by molar-refractivity contribution is -0.349. The number of rotatable bonds is 21. The molecule has 15 atom stereocenters. The topological polar surface area (TPSA) is 279 Å². The van der Waals surface area contributed by atoms with Crippen LogP contribution in [0.3, 0.4) is 0 Å². The van der Waals surface area contributed by atoms with Crippen LogP contribution in [0, 0.1) is 17.8 Å². The zero-order chi connectivity index (χ0) is 54.7. The number of aliphatic hydroxyl groups excluding tert-OH is 5. The maximum absolute atomic E-state index is 14.2. The Morgan fingerprint density at radius 3 is 2.14 bits per heavy atom. The SMILES string of the molecule is CC1CC(C(=O)CCCNCc2ccc(CN3CCCNCCNCCCNCC3)cc2)CC(OC2OC(CO)C(O)C(O[C@@H](CC3CCCCC3)C(=O)O)C2OC(=O)c2ccccc2)C1OC1OC(C)C(O)C(O)C1O. The predicted octanol–water partition coefficient (Wildman–Crippen LogP) is 2.25. The zero-order valence-electron chi connectivity index (χ0n) is 45.2. The van der Waals surface area contributed by atoms with Crippen LogP contribution in [0.5, 0.6) is 0 Å². The van der Waals surface area contributed by atoms with E-state index in [1.165, 1.54) is 24.6 Å². The van der Waals surface area contributed by atoms with Crippen molar-refractivity contribution in [1.29, 1.82) is 0 Å². The highest BCUT2D eigenvalue weighted by Crippen LogP contribution is 2.40. The highest BCUT2D eigenvalue weighted by Gasteiger charge is 2.54. The summed E-state index contributed by atoms with van der Waals surface area (Å²) >= 11 is 0. The van der Waals surface area contributed by atoms with Gasteiger partial charge in [0.25, 0.3) is 0 Å². The number of ketones is 1. The van der Waals surface area contributed by atoms with E-state index >= 15 is 0 Å². The fourth-order valence-electron chi connectivity index (χ4n) is 11.5. The molecule has 14 unspecified atom stereocenters. The molecule has 2 aliphatic carbocycles. The van der Waals surface area contributed by atoms with Gasteiger partial charge in [0.2, 0.25) is 0 Å². The van der Waals surface area contributed by atoms with E-state index in [1.54, 1.807) is 18.2 Å². The lowest BCUT2D eigenvalue weighted by Gasteiger charge is -2.48. The van der Waals surface area contributed by atoms with E-state index in [0.29, 0.717) is 25.9 Å². The number of carboxylic acids is 1. The second-order valence-corrected chi connectivity index (χ2v) is 22.0. The maximum Gasteiger partial charge on any atom is 0.338 e. The van der Waals surface area contributed by atoms with Crippen LogP contribution in [0.15, 0.2) is 54.6 Å². The van der Waals surface area contributed by atoms with Gasteiger partial charge in [-0.05, 0) is 113 Å². The molecule has 0 spiro atoms. The van der Waals surface area contributed by atoms with E-state index < -0.39 is 110 Å². The number of ether oxygens (including phenoxy) is 6. The van der Waals surface area contributed by atoms with Crippen molar-refractivity contribution in [1.82, 2.24) is 26.2 Å². The normalized spacial score (nSPS) is 33.1. The Balaban J connectivity index is 1.02. The number of carbonyl (C=O) groups excluding carboxylic acids is 2. The van der Waals surface area contributed by atoms with Crippen molar-refractivity contribution in [2.45, 2.75) is 184 Å². The second kappa shape index (κ2) is 31.4. The monoisotopic (exact) mass is 1080 g/mol. The number of aliphatic carboxylic acids is 1. The number of carbonyl (C=O) groups is 3. The Morgan fingerprint density at radius 1 is 0.727 bits per heavy atom. The fraction of sp³-hybridized carbons (Fsp3) is 0.737. The molecule has 0 radical (unpaired) electrons. The fourth-order valence-corrected chi connectivity index (χ4v) is 11.5. The molecule has 0 amide bonds. The smallest absolute Gasteiger partial charge is 0.338 e. The minimum Gasteiger partial charge on any atom is -0.479 e. The molecule has 10 N–H and O–H groups in total. The number of hydrogen-bond donors (Lipinski definition) is 10. The molecular weight excluding hydrogens is 995 g/mol. The second-order valence-electron chi connectivity index (χ2n) is 22.0. The summed E-state index contributed by atoms with van der Waals surface area (Å²) in [4.78, 5) is 43.5. The first-order valence-electron chi connectivity index (χ1n) is 28.5. The van der Waals surface area contributed by atoms with Crippen LogP contribution in [-0.4, -0.2) is 198 Å². The van der Waals surface area contributed by atoms with Crippen LogP contribution in [-0.2, 0) is 51.1 Å². The van der Waals surface area contributed by atoms with Crippen LogP contribution in [0.25, 0.3) is 0 Å². The summed E-state index contributed by atoms with van der Waals surface area (Å²) in [6.07, 6.45) is -10.1. The van der Waals surface area contributed by atoms with Crippen molar-refractivity contribution in [2.75, 3.05) is 65.5 Å². The molecule has 7 rings (SSSR count). The van der Waals surface area contributed by atoms with Gasteiger partial charge in [-0.15, -0.1) is 0 Å². The molecule has 77 heavy (non-hydrogen) atoms. The minimum absolute atomic E-state index is 0.0135. The van der Waals surface area contributed by atoms with Crippen molar-refractivity contribution in [3.05, 3.63) is 71.3 Å². The van der Waals surface area contributed by atoms with Gasteiger partial charge in [0, 0.05) is 51.6 Å². The molecule has 0 bridgehead atoms. The zero-order valence-corrected chi connectivity index (χ0v) is 45.2. The van der Waals surface area contributed by atoms with Crippen molar-refractivity contribution < 1.29 is 73.4 Å². The average Bonchev–Trinajstić information content (AvgIpc) is 3.43. The van der Waals surface area contributed by atoms with Gasteiger partial charge >= 0.3 is 11.9 Å². The van der Waals surface area contributed by atoms with Crippen LogP contribution >= 0.6 is 0 Å². The Kier molecular flexibility index (Phi) is 24.9. The summed E-state index contributed by atoms with van der Waals surface area (Å²) in [6, 6.07) is 16.7. The standard InChI is InChI=1S/C57H89N5O15/c1-36-30-42(43(64)16-9-21-61-33-39-17-19-40(20-18-39)34-62-28-11-24-59-26-25-58-22-10-23-60-27-29-62)32-44(51(36)77-56-50(68)49(67)47(65)37(2)72-56)74-57-53(76-55(71)41-14-7-4-8-15-41)52(48(66)46(35-63)75-57)73-45(54(69)70)31-38-12-5-3-6-13-38/h4,7-8,14-15,17-20,36-38,42,44-53,56-61,63,65-68H,3,5-6,9-13,16,21-35H2,1-2H3,(H,69,70)/t36?,37?,42?,44?,45-,46?,47?,48?,49?,50?,51?,52?,53?,56?,57?/m0/s1. The van der Waals surface area contributed by atoms with Crippen LogP contribution < -0.4 is 21.3 Å². The Labute approximate surface area is 454 Å². The first-order chi connectivity index (χ1) is 37.3. The molecule has 3 heterocycles. The maximum atomic E-state index is 14.2. The van der Waals surface area contributed by atoms with Gasteiger partial charge in [-0.2, -0.15) is 0 Å². The van der Waals surface area contributed by atoms with E-state index in [1.807, 2.05) is 6.92 Å². The van der Waals surface area contributed by atoms with Crippen molar-refractivity contribution >= 4 is 17.7 Å². The number of Topliss-reactive ketones (excluding diaryl/α,β-unsaturated/α-hetero) is 1. The van der Waals surface area contributed by atoms with Gasteiger partial charge < -0.3 is 80.3 Å². The lowest BCUT2D eigenvalue weighted by atomic mass is 9.75. The first kappa shape index (κ1) is 61.1. The molecule has 20 nitrogen and oxygen atoms in total. The molecule has 5 fully saturated rings. The molecule has 0 aromatic heterocycles. The molecule has 2 aromatic rings. The Bertz CT molecular complexity index is 2040. The van der Waals surface area contributed by atoms with Crippen LogP contribution in [0.1, 0.15) is 112 Å². The van der Waals surface area contributed by atoms with Crippen molar-refractivity contribution in [3.8, 4) is 0 Å². The molecule has 20 heteroatoms. The predicted molar refractivity (Wildman–Crippen MR) is 284 cm³/mol. The van der Waals surface area contributed by atoms with Gasteiger partial charge in [0.1, 0.15) is 42.4 Å². The van der Waals surface area contributed by atoms with Crippen LogP contribution in [0.4, 0.5) is 0 Å². The summed E-state index contributed by atoms with van der Waals surface area (Å²) in [5.41, 5.74) is 2.55. The summed E-state index contributed by atoms with van der Waals surface area (Å²) in [5.74, 6) is -3.06. The molecule has 3 aliphatic heterocycles. The Hall–Kier alpha value is -3.55. The molecule has 5 aliphatic rings. The molecular formula is C57H89N5O15. The third-order valence-electron chi connectivity index (χ3n) is 16.0. The minimum atomic E-state index is -1.67. The summed E-state index contributed by atoms with van der Waals surface area (Å²) in [7, 11) is 0. The molecule has 432 valence electrons. The molecule has 2 aromatic carbocycles. The van der Waals surface area contributed by atoms with E-state index in [9.17, 15) is 45.0 Å². The van der Waals surface area contributed by atoms with E-state index in [0.717, 1.165) is 109 Å². The van der Waals surface area contributed by atoms with Crippen molar-refractivity contribution in [2.24, 2.45) is 17.8 Å². The number of aliphatic hydroxyl groups is 5. The van der Waals surface area contributed by atoms with E-state index in [-0.39, 0.29) is 36.5 Å². The highest BCUT2D eigenvalue weighted by atomic mass is 16.7. The van der Waals surface area contributed by atoms with Crippen molar-refractivity contribution in [3.63, 3.8) is 0 Å². The van der Waals surface area contributed by atoms with E-state index in [2.05, 4.69) is 50.4 Å². The quantitative estimate of drug-likeness (QED) is 0.0634. The van der Waals surface area contributed by atoms with Gasteiger partial charge in [0.05, 0.1) is 30.5 Å². The summed E-state index contributed by atoms with van der Waals surface area (Å²) in [5, 5.41) is 79.3. The number of nitrogens with one attached hydrogen (secondary N) is 4. The number of benzene rings is 2. The summed E-state index contributed by atoms with van der Waals surface area (Å²) < 4.78 is 37.7. The largest absolute Gasteiger partial charge is 0.479 e. The number of esters is 1. The molecule has 2 saturated carbocycles. The van der Waals surface area contributed by atoms with Gasteiger partial charge in [-0.1, -0.05) is 81.5 Å². The number of carboxylic acid groups (broad SMARTS) is 1. The highest BCUT2D eigenvalue weighted by molar-refractivity contribution is 5.89. The van der Waals surface area contributed by atoms with Gasteiger partial charge in [-0.3, -0.25) is 9.69 Å². The third-order valence-corrected chi connectivity index (χ3v) is 16.0. The Morgan fingerprint density at radius 2 is 1.43 bits per heavy atom. The third kappa shape index (κ3) is 18.2. The average molecular weight is 1080 g/mol. The van der Waals surface area contributed by atoms with E-state index in [4.69, 9.17) is 28.4 Å². The molecule has 3 saturated heterocycles. The number of hydrogen-bond acceptors (Lipinski definition) is 19.